The Morgan fingerprint density at radius 2 is 1.97 bits per heavy atom. The topological polar surface area (TPSA) is 102 Å². The Morgan fingerprint density at radius 3 is 2.63 bits per heavy atom. The number of amides is 3. The summed E-state index contributed by atoms with van der Waals surface area (Å²) in [4.78, 5) is 42.4. The molecule has 5 rings (SSSR count). The minimum atomic E-state index is -1.47. The molecule has 2 N–H and O–H groups in total. The Balaban J connectivity index is 1.39. The van der Waals surface area contributed by atoms with Crippen molar-refractivity contribution in [1.29, 1.82) is 0 Å². The summed E-state index contributed by atoms with van der Waals surface area (Å²) in [5.74, 6) is -0.424. The molecule has 0 radical (unpaired) electrons. The Morgan fingerprint density at radius 1 is 1.26 bits per heavy atom. The molecule has 8 nitrogen and oxygen atoms in total. The Kier molecular flexibility index (Phi) is 5.65. The number of nitrogen functional groups attached to an aromatic ring is 1. The average molecular weight is 482 g/mol. The van der Waals surface area contributed by atoms with Gasteiger partial charge in [-0.1, -0.05) is 18.2 Å². The second-order valence-corrected chi connectivity index (χ2v) is 9.53. The lowest BCUT2D eigenvalue weighted by Crippen LogP contribution is -2.47. The highest BCUT2D eigenvalue weighted by atomic mass is 19.1. The predicted octanol–water partition coefficient (Wildman–Crippen LogP) is 3.36. The number of halogens is 1. The fourth-order valence-corrected chi connectivity index (χ4v) is 5.27. The van der Waals surface area contributed by atoms with Gasteiger partial charge in [-0.25, -0.2) is 14.1 Å². The van der Waals surface area contributed by atoms with Gasteiger partial charge in [-0.3, -0.25) is 9.59 Å². The van der Waals surface area contributed by atoms with Gasteiger partial charge in [0.25, 0.3) is 5.91 Å². The van der Waals surface area contributed by atoms with Gasteiger partial charge in [-0.05, 0) is 55.9 Å². The summed E-state index contributed by atoms with van der Waals surface area (Å²) < 4.78 is 24.4. The highest BCUT2D eigenvalue weighted by Gasteiger charge is 2.59. The maximum atomic E-state index is 13.6. The molecule has 3 amide bonds. The summed E-state index contributed by atoms with van der Waals surface area (Å²) in [5, 5.41) is 0. The SMILES string of the molecule is COc1c(N)ccc2c1CCC21OC(=O)N(CC(=O)N(Cc2ccc(F)cc2)[C@@H](C)C2CC2)C1=O. The van der Waals surface area contributed by atoms with Crippen molar-refractivity contribution in [2.75, 3.05) is 19.4 Å². The fraction of sp³-hybridized carbons (Fsp3) is 0.423. The van der Waals surface area contributed by atoms with Crippen LogP contribution in [-0.4, -0.2) is 47.4 Å². The third-order valence-electron chi connectivity index (χ3n) is 7.41. The Bertz CT molecular complexity index is 1200. The number of carbonyl (C=O) groups excluding carboxylic acids is 3. The van der Waals surface area contributed by atoms with Crippen molar-refractivity contribution in [1.82, 2.24) is 9.80 Å². The maximum absolute atomic E-state index is 13.6. The van der Waals surface area contributed by atoms with Gasteiger partial charge in [0, 0.05) is 30.1 Å². The first kappa shape index (κ1) is 23.1. The van der Waals surface area contributed by atoms with Crippen LogP contribution in [0.5, 0.6) is 5.75 Å². The molecule has 2 aliphatic carbocycles. The van der Waals surface area contributed by atoms with Crippen LogP contribution < -0.4 is 10.5 Å². The van der Waals surface area contributed by atoms with Gasteiger partial charge in [0.1, 0.15) is 18.1 Å². The average Bonchev–Trinajstić information content (AvgIpc) is 3.59. The molecule has 1 heterocycles. The highest BCUT2D eigenvalue weighted by Crippen LogP contribution is 2.49. The first-order valence-corrected chi connectivity index (χ1v) is 11.8. The standard InChI is InChI=1S/C26H28FN3O5/c1-15(17-5-6-17)29(13-16-3-7-18(27)8-4-16)22(31)14-30-24(32)26(35-25(30)33)12-11-19-20(26)9-10-21(28)23(19)34-2/h3-4,7-10,15,17H,5-6,11-14,28H2,1-2H3/t15-,26?/m0/s1. The second kappa shape index (κ2) is 8.55. The summed E-state index contributed by atoms with van der Waals surface area (Å²) >= 11 is 0. The van der Waals surface area contributed by atoms with Gasteiger partial charge >= 0.3 is 6.09 Å². The molecule has 35 heavy (non-hydrogen) atoms. The molecule has 0 bridgehead atoms. The summed E-state index contributed by atoms with van der Waals surface area (Å²) in [6.45, 7) is 1.81. The molecule has 0 aromatic heterocycles. The van der Waals surface area contributed by atoms with E-state index in [2.05, 4.69) is 0 Å². The van der Waals surface area contributed by atoms with E-state index in [0.717, 1.165) is 28.9 Å². The zero-order valence-electron chi connectivity index (χ0n) is 19.8. The number of fused-ring (bicyclic) bond motifs is 2. The lowest BCUT2D eigenvalue weighted by molar-refractivity contribution is -0.143. The van der Waals surface area contributed by atoms with Crippen LogP contribution >= 0.6 is 0 Å². The third-order valence-corrected chi connectivity index (χ3v) is 7.41. The Hall–Kier alpha value is -3.62. The van der Waals surface area contributed by atoms with E-state index in [1.165, 1.54) is 19.2 Å². The van der Waals surface area contributed by atoms with Crippen LogP contribution in [0.25, 0.3) is 0 Å². The van der Waals surface area contributed by atoms with Gasteiger partial charge < -0.3 is 20.1 Å². The van der Waals surface area contributed by atoms with Crippen LogP contribution in [0, 0.1) is 11.7 Å². The van der Waals surface area contributed by atoms with E-state index in [1.807, 2.05) is 6.92 Å². The number of nitrogens with two attached hydrogens (primary N) is 1. The summed E-state index contributed by atoms with van der Waals surface area (Å²) in [6.07, 6.45) is 1.91. The van der Waals surface area contributed by atoms with E-state index in [-0.39, 0.29) is 30.7 Å². The molecule has 184 valence electrons. The zero-order chi connectivity index (χ0) is 24.9. The van der Waals surface area contributed by atoms with Crippen LogP contribution in [0.3, 0.4) is 0 Å². The van der Waals surface area contributed by atoms with Gasteiger partial charge in [-0.15, -0.1) is 0 Å². The number of hydrogen-bond acceptors (Lipinski definition) is 6. The van der Waals surface area contributed by atoms with Crippen molar-refractivity contribution >= 4 is 23.6 Å². The molecule has 2 fully saturated rings. The number of ether oxygens (including phenoxy) is 2. The largest absolute Gasteiger partial charge is 0.494 e. The van der Waals surface area contributed by atoms with Crippen molar-refractivity contribution in [2.45, 2.75) is 50.8 Å². The van der Waals surface area contributed by atoms with Crippen molar-refractivity contribution in [3.8, 4) is 5.75 Å². The van der Waals surface area contributed by atoms with E-state index in [0.29, 0.717) is 29.3 Å². The smallest absolute Gasteiger partial charge is 0.418 e. The first-order chi connectivity index (χ1) is 16.7. The molecule has 1 aliphatic heterocycles. The van der Waals surface area contributed by atoms with E-state index < -0.39 is 24.1 Å². The Labute approximate surface area is 202 Å². The number of carbonyl (C=O) groups is 3. The predicted molar refractivity (Wildman–Crippen MR) is 125 cm³/mol. The molecule has 2 aromatic rings. The molecule has 1 saturated heterocycles. The molecule has 3 aliphatic rings. The number of methoxy groups -OCH3 is 1. The third kappa shape index (κ3) is 3.88. The molecule has 2 atom stereocenters. The monoisotopic (exact) mass is 481 g/mol. The van der Waals surface area contributed by atoms with E-state index in [1.54, 1.807) is 29.2 Å². The molecule has 9 heteroatoms. The number of imide groups is 1. The summed E-state index contributed by atoms with van der Waals surface area (Å²) in [6, 6.07) is 9.21. The van der Waals surface area contributed by atoms with Crippen molar-refractivity contribution in [2.24, 2.45) is 5.92 Å². The summed E-state index contributed by atoms with van der Waals surface area (Å²) in [5.41, 5.74) is 7.03. The van der Waals surface area contributed by atoms with E-state index in [4.69, 9.17) is 15.2 Å². The number of rotatable bonds is 7. The number of benzene rings is 2. The van der Waals surface area contributed by atoms with Crippen molar-refractivity contribution in [3.05, 3.63) is 58.9 Å². The van der Waals surface area contributed by atoms with Gasteiger partial charge in [0.05, 0.1) is 12.8 Å². The number of anilines is 1. The first-order valence-electron chi connectivity index (χ1n) is 11.8. The van der Waals surface area contributed by atoms with E-state index >= 15 is 0 Å². The van der Waals surface area contributed by atoms with Crippen LogP contribution in [0.1, 0.15) is 42.9 Å². The van der Waals surface area contributed by atoms with Crippen LogP contribution in [-0.2, 0) is 32.9 Å². The van der Waals surface area contributed by atoms with Gasteiger partial charge in [-0.2, -0.15) is 0 Å². The van der Waals surface area contributed by atoms with Crippen molar-refractivity contribution < 1.29 is 28.2 Å². The molecule has 2 aromatic carbocycles. The van der Waals surface area contributed by atoms with Gasteiger partial charge in [0.2, 0.25) is 11.5 Å². The molecule has 1 saturated carbocycles. The van der Waals surface area contributed by atoms with Gasteiger partial charge in [0.15, 0.2) is 0 Å². The number of nitrogens with zero attached hydrogens (tertiary/aromatic N) is 2. The van der Waals surface area contributed by atoms with Crippen LogP contribution in [0.4, 0.5) is 14.9 Å². The molecule has 1 unspecified atom stereocenters. The van der Waals surface area contributed by atoms with Crippen LogP contribution in [0.15, 0.2) is 36.4 Å². The normalized spacial score (nSPS) is 21.7. The van der Waals surface area contributed by atoms with Crippen molar-refractivity contribution in [3.63, 3.8) is 0 Å². The number of hydrogen-bond donors (Lipinski definition) is 1. The summed E-state index contributed by atoms with van der Waals surface area (Å²) in [7, 11) is 1.50. The minimum Gasteiger partial charge on any atom is -0.494 e. The highest BCUT2D eigenvalue weighted by molar-refractivity contribution is 6.06. The lowest BCUT2D eigenvalue weighted by Gasteiger charge is -2.30. The lowest BCUT2D eigenvalue weighted by atomic mass is 9.94. The quantitative estimate of drug-likeness (QED) is 0.609. The molecular weight excluding hydrogens is 453 g/mol. The molecule has 1 spiro atoms. The maximum Gasteiger partial charge on any atom is 0.418 e. The van der Waals surface area contributed by atoms with Crippen LogP contribution in [0.2, 0.25) is 0 Å². The second-order valence-electron chi connectivity index (χ2n) is 9.53. The minimum absolute atomic E-state index is 0.0744. The van der Waals surface area contributed by atoms with E-state index in [9.17, 15) is 18.8 Å². The zero-order valence-corrected chi connectivity index (χ0v) is 19.8. The molecular formula is C26H28FN3O5. The fourth-order valence-electron chi connectivity index (χ4n) is 5.27.